The Kier molecular flexibility index (Phi) is 5.84. The van der Waals surface area contributed by atoms with Crippen LogP contribution in [0.3, 0.4) is 0 Å². The van der Waals surface area contributed by atoms with Crippen LogP contribution in [0.5, 0.6) is 0 Å². The van der Waals surface area contributed by atoms with Gasteiger partial charge in [0.2, 0.25) is 5.91 Å². The lowest BCUT2D eigenvalue weighted by Gasteiger charge is -2.17. The molecule has 0 aliphatic carbocycles. The molecule has 1 amide bonds. The van der Waals surface area contributed by atoms with E-state index in [1.54, 1.807) is 29.8 Å². The molecule has 0 saturated carbocycles. The summed E-state index contributed by atoms with van der Waals surface area (Å²) < 4.78 is 6.76. The van der Waals surface area contributed by atoms with Crippen molar-refractivity contribution < 1.29 is 19.1 Å². The van der Waals surface area contributed by atoms with Crippen molar-refractivity contribution in [2.45, 2.75) is 40.2 Å². The van der Waals surface area contributed by atoms with Crippen molar-refractivity contribution in [2.24, 2.45) is 5.92 Å². The van der Waals surface area contributed by atoms with Crippen molar-refractivity contribution in [3.63, 3.8) is 0 Å². The zero-order valence-electron chi connectivity index (χ0n) is 16.0. The van der Waals surface area contributed by atoms with Gasteiger partial charge < -0.3 is 10.1 Å². The minimum atomic E-state index is -0.670. The van der Waals surface area contributed by atoms with Gasteiger partial charge in [-0.2, -0.15) is 5.10 Å². The molecule has 0 radical (unpaired) electrons. The van der Waals surface area contributed by atoms with E-state index in [1.807, 2.05) is 13.8 Å². The van der Waals surface area contributed by atoms with Crippen molar-refractivity contribution in [3.05, 3.63) is 45.7 Å². The molecule has 0 fully saturated rings. The Labute approximate surface area is 168 Å². The van der Waals surface area contributed by atoms with E-state index in [2.05, 4.69) is 10.4 Å². The highest BCUT2D eigenvalue weighted by Gasteiger charge is 2.23. The van der Waals surface area contributed by atoms with Crippen LogP contribution >= 0.6 is 11.6 Å². The largest absolute Gasteiger partial charge is 0.454 e. The van der Waals surface area contributed by atoms with Crippen LogP contribution < -0.4 is 5.32 Å². The average Bonchev–Trinajstić information content (AvgIpc) is 2.91. The van der Waals surface area contributed by atoms with E-state index >= 15 is 0 Å². The summed E-state index contributed by atoms with van der Waals surface area (Å²) in [5.74, 6) is -0.714. The molecule has 0 unspecified atom stereocenters. The number of Topliss-reactive ketones (excluding diaryl/α,β-unsaturated/α-hetero) is 1. The Hall–Kier alpha value is -2.67. The van der Waals surface area contributed by atoms with Crippen molar-refractivity contribution in [3.8, 4) is 0 Å². The molecule has 1 aliphatic rings. The molecule has 8 heteroatoms. The molecule has 28 heavy (non-hydrogen) atoms. The Balaban J connectivity index is 1.67. The topological polar surface area (TPSA) is 90.3 Å². The van der Waals surface area contributed by atoms with Gasteiger partial charge in [-0.25, -0.2) is 4.79 Å². The summed E-state index contributed by atoms with van der Waals surface area (Å²) in [5.41, 5.74) is 2.69. The second-order valence-electron chi connectivity index (χ2n) is 7.25. The number of hydrogen-bond donors (Lipinski definition) is 1. The first-order chi connectivity index (χ1) is 13.3. The summed E-state index contributed by atoms with van der Waals surface area (Å²) >= 11 is 6.27. The number of carbonyl (C=O) groups excluding carboxylic acids is 3. The Bertz CT molecular complexity index is 949. The molecule has 0 saturated heterocycles. The van der Waals surface area contributed by atoms with Gasteiger partial charge in [0.15, 0.2) is 12.4 Å². The number of ketones is 1. The predicted molar refractivity (Wildman–Crippen MR) is 105 cm³/mol. The third kappa shape index (κ3) is 4.25. The van der Waals surface area contributed by atoms with Crippen LogP contribution in [0.25, 0.3) is 0 Å². The third-order valence-corrected chi connectivity index (χ3v) is 4.85. The number of nitrogens with zero attached hydrogens (tertiary/aromatic N) is 2. The quantitative estimate of drug-likeness (QED) is 0.589. The lowest BCUT2D eigenvalue weighted by molar-refractivity contribution is -0.116. The minimum Gasteiger partial charge on any atom is -0.454 e. The third-order valence-electron chi connectivity index (χ3n) is 4.46. The first kappa shape index (κ1) is 20.1. The number of anilines is 1. The van der Waals surface area contributed by atoms with Gasteiger partial charge in [-0.15, -0.1) is 0 Å². The Morgan fingerprint density at radius 2 is 2.07 bits per heavy atom. The van der Waals surface area contributed by atoms with Crippen LogP contribution in [0.4, 0.5) is 5.69 Å². The van der Waals surface area contributed by atoms with Gasteiger partial charge in [0.05, 0.1) is 5.69 Å². The number of amides is 1. The molecule has 3 rings (SSSR count). The first-order valence-corrected chi connectivity index (χ1v) is 9.50. The van der Waals surface area contributed by atoms with Gasteiger partial charge in [0.1, 0.15) is 10.7 Å². The molecule has 7 nitrogen and oxygen atoms in total. The maximum Gasteiger partial charge on any atom is 0.343 e. The van der Waals surface area contributed by atoms with Crippen molar-refractivity contribution in [1.82, 2.24) is 9.78 Å². The van der Waals surface area contributed by atoms with E-state index < -0.39 is 12.6 Å². The van der Waals surface area contributed by atoms with Crippen LogP contribution in [0, 0.1) is 12.8 Å². The number of nitrogens with one attached hydrogen (secondary N) is 1. The minimum absolute atomic E-state index is 0.0363. The molecule has 0 bridgehead atoms. The highest BCUT2D eigenvalue weighted by molar-refractivity contribution is 6.32. The number of carbonyl (C=O) groups is 3. The van der Waals surface area contributed by atoms with E-state index in [0.29, 0.717) is 42.2 Å². The molecule has 1 aliphatic heterocycles. The van der Waals surface area contributed by atoms with Crippen LogP contribution in [-0.2, 0) is 22.5 Å². The monoisotopic (exact) mass is 403 g/mol. The molecule has 1 N–H and O–H groups in total. The summed E-state index contributed by atoms with van der Waals surface area (Å²) in [6, 6.07) is 5.03. The molecule has 148 valence electrons. The fraction of sp³-hybridized carbons (Fsp3) is 0.400. The van der Waals surface area contributed by atoms with E-state index in [9.17, 15) is 14.4 Å². The fourth-order valence-electron chi connectivity index (χ4n) is 3.10. The molecule has 2 aromatic rings. The van der Waals surface area contributed by atoms with Crippen LogP contribution in [0.2, 0.25) is 5.15 Å². The summed E-state index contributed by atoms with van der Waals surface area (Å²) in [5, 5.41) is 7.26. The van der Waals surface area contributed by atoms with Crippen LogP contribution in [-0.4, -0.2) is 34.0 Å². The fourth-order valence-corrected chi connectivity index (χ4v) is 3.42. The lowest BCUT2D eigenvalue weighted by Crippen LogP contribution is -2.20. The number of benzene rings is 1. The van der Waals surface area contributed by atoms with Crippen LogP contribution in [0.15, 0.2) is 18.2 Å². The normalized spacial score (nSPS) is 13.2. The molecule has 0 atom stereocenters. The zero-order chi connectivity index (χ0) is 20.4. The summed E-state index contributed by atoms with van der Waals surface area (Å²) in [6.45, 7) is 5.91. The Morgan fingerprint density at radius 1 is 1.32 bits per heavy atom. The maximum atomic E-state index is 12.4. The number of ether oxygens (including phenoxy) is 1. The van der Waals surface area contributed by atoms with Crippen molar-refractivity contribution in [2.75, 3.05) is 11.9 Å². The van der Waals surface area contributed by atoms with Crippen molar-refractivity contribution >= 4 is 34.9 Å². The average molecular weight is 404 g/mol. The number of aryl methyl sites for hydroxylation is 2. The smallest absolute Gasteiger partial charge is 0.343 e. The van der Waals surface area contributed by atoms with Gasteiger partial charge in [-0.3, -0.25) is 14.3 Å². The molecule has 2 heterocycles. The number of rotatable bonds is 6. The number of fused-ring (bicyclic) bond motifs is 1. The van der Waals surface area contributed by atoms with Gasteiger partial charge in [0.25, 0.3) is 0 Å². The van der Waals surface area contributed by atoms with Crippen LogP contribution in [0.1, 0.15) is 52.2 Å². The van der Waals surface area contributed by atoms with Gasteiger partial charge >= 0.3 is 5.97 Å². The standard InChI is InChI=1S/C20H22ClN3O4/c1-11(2)9-24-19(21)18(12(3)23-24)20(27)28-10-16(25)14-4-6-15-13(8-14)5-7-17(26)22-15/h4,6,8,11H,5,7,9-10H2,1-3H3,(H,22,26). The number of halogens is 1. The number of hydrogen-bond acceptors (Lipinski definition) is 5. The molecule has 1 aromatic carbocycles. The van der Waals surface area contributed by atoms with Gasteiger partial charge in [0, 0.05) is 24.2 Å². The van der Waals surface area contributed by atoms with E-state index in [1.165, 1.54) is 0 Å². The lowest BCUT2D eigenvalue weighted by atomic mass is 9.99. The van der Waals surface area contributed by atoms with E-state index in [4.69, 9.17) is 16.3 Å². The SMILES string of the molecule is Cc1nn(CC(C)C)c(Cl)c1C(=O)OCC(=O)c1ccc2c(c1)CCC(=O)N2. The summed E-state index contributed by atoms with van der Waals surface area (Å²) in [7, 11) is 0. The van der Waals surface area contributed by atoms with Crippen molar-refractivity contribution in [1.29, 1.82) is 0 Å². The van der Waals surface area contributed by atoms with E-state index in [0.717, 1.165) is 5.56 Å². The second-order valence-corrected chi connectivity index (χ2v) is 7.60. The first-order valence-electron chi connectivity index (χ1n) is 9.12. The van der Waals surface area contributed by atoms with Gasteiger partial charge in [-0.05, 0) is 43.0 Å². The number of esters is 1. The van der Waals surface area contributed by atoms with E-state index in [-0.39, 0.29) is 22.4 Å². The summed E-state index contributed by atoms with van der Waals surface area (Å²) in [4.78, 5) is 36.3. The Morgan fingerprint density at radius 3 is 2.79 bits per heavy atom. The highest BCUT2D eigenvalue weighted by Crippen LogP contribution is 2.24. The molecule has 1 aromatic heterocycles. The molecular formula is C20H22ClN3O4. The highest BCUT2D eigenvalue weighted by atomic mass is 35.5. The van der Waals surface area contributed by atoms with Gasteiger partial charge in [-0.1, -0.05) is 25.4 Å². The predicted octanol–water partition coefficient (Wildman–Crippen LogP) is 3.43. The molecule has 0 spiro atoms. The zero-order valence-corrected chi connectivity index (χ0v) is 16.8. The summed E-state index contributed by atoms with van der Waals surface area (Å²) in [6.07, 6.45) is 0.962. The second kappa shape index (κ2) is 8.14. The maximum absolute atomic E-state index is 12.4. The molecular weight excluding hydrogens is 382 g/mol. The number of aromatic nitrogens is 2.